The zero-order valence-electron chi connectivity index (χ0n) is 12.3. The van der Waals surface area contributed by atoms with E-state index in [0.29, 0.717) is 12.8 Å². The molecule has 1 amide bonds. The van der Waals surface area contributed by atoms with Gasteiger partial charge in [0.1, 0.15) is 0 Å². The largest absolute Gasteiger partial charge is 0.481 e. The standard InChI is InChI=1S/C17H20BrNO3/c1-3-6-12(7-4-2)17(22)19-15(11-16(20)21)13-8-5-9-14(18)10-13/h3-5,8-10,12,15H,1-2,6-7,11H2,(H,19,22)(H,20,21). The highest BCUT2D eigenvalue weighted by atomic mass is 79.9. The molecule has 0 aliphatic rings. The van der Waals surface area contributed by atoms with Gasteiger partial charge < -0.3 is 10.4 Å². The van der Waals surface area contributed by atoms with Crippen LogP contribution < -0.4 is 5.32 Å². The molecule has 0 spiro atoms. The minimum Gasteiger partial charge on any atom is -0.481 e. The van der Waals surface area contributed by atoms with Gasteiger partial charge in [0.25, 0.3) is 0 Å². The van der Waals surface area contributed by atoms with Gasteiger partial charge in [0.2, 0.25) is 5.91 Å². The first kappa shape index (κ1) is 18.2. The van der Waals surface area contributed by atoms with Crippen LogP contribution in [0.15, 0.2) is 54.0 Å². The summed E-state index contributed by atoms with van der Waals surface area (Å²) in [5, 5.41) is 11.9. The number of carboxylic acids is 1. The molecule has 1 aromatic carbocycles. The van der Waals surface area contributed by atoms with Gasteiger partial charge >= 0.3 is 5.97 Å². The van der Waals surface area contributed by atoms with E-state index in [2.05, 4.69) is 34.4 Å². The van der Waals surface area contributed by atoms with Crippen LogP contribution in [-0.2, 0) is 9.59 Å². The maximum absolute atomic E-state index is 12.4. The van der Waals surface area contributed by atoms with Crippen molar-refractivity contribution in [1.29, 1.82) is 0 Å². The Bertz CT molecular complexity index is 547. The van der Waals surface area contributed by atoms with E-state index in [9.17, 15) is 9.59 Å². The number of amides is 1. The summed E-state index contributed by atoms with van der Waals surface area (Å²) in [7, 11) is 0. The van der Waals surface area contributed by atoms with Crippen LogP contribution in [0.25, 0.3) is 0 Å². The van der Waals surface area contributed by atoms with E-state index in [0.717, 1.165) is 10.0 Å². The highest BCUT2D eigenvalue weighted by Crippen LogP contribution is 2.22. The molecule has 0 aliphatic carbocycles. The summed E-state index contributed by atoms with van der Waals surface area (Å²) in [6.07, 6.45) is 4.24. The molecule has 0 heterocycles. The molecular formula is C17H20BrNO3. The van der Waals surface area contributed by atoms with Crippen molar-refractivity contribution < 1.29 is 14.7 Å². The van der Waals surface area contributed by atoms with Crippen molar-refractivity contribution >= 4 is 27.8 Å². The molecule has 0 aliphatic heterocycles. The Hall–Kier alpha value is -1.88. The van der Waals surface area contributed by atoms with Crippen molar-refractivity contribution in [2.75, 3.05) is 0 Å². The van der Waals surface area contributed by atoms with Gasteiger partial charge in [-0.2, -0.15) is 0 Å². The highest BCUT2D eigenvalue weighted by Gasteiger charge is 2.22. The molecule has 0 saturated carbocycles. The van der Waals surface area contributed by atoms with Crippen molar-refractivity contribution in [3.63, 3.8) is 0 Å². The van der Waals surface area contributed by atoms with Gasteiger partial charge in [-0.3, -0.25) is 9.59 Å². The fourth-order valence-electron chi connectivity index (χ4n) is 2.15. The Morgan fingerprint density at radius 1 is 1.27 bits per heavy atom. The molecule has 0 saturated heterocycles. The van der Waals surface area contributed by atoms with E-state index in [1.165, 1.54) is 0 Å². The van der Waals surface area contributed by atoms with E-state index in [1.54, 1.807) is 18.2 Å². The second-order valence-corrected chi connectivity index (χ2v) is 5.88. The molecule has 1 aromatic rings. The van der Waals surface area contributed by atoms with E-state index >= 15 is 0 Å². The number of halogens is 1. The second kappa shape index (κ2) is 9.20. The van der Waals surface area contributed by atoms with Crippen LogP contribution in [0, 0.1) is 5.92 Å². The molecule has 1 rings (SSSR count). The van der Waals surface area contributed by atoms with Crippen LogP contribution in [0.1, 0.15) is 30.9 Å². The monoisotopic (exact) mass is 365 g/mol. The lowest BCUT2D eigenvalue weighted by Gasteiger charge is -2.21. The number of nitrogens with one attached hydrogen (secondary N) is 1. The van der Waals surface area contributed by atoms with Gasteiger partial charge in [0.05, 0.1) is 12.5 Å². The lowest BCUT2D eigenvalue weighted by Crippen LogP contribution is -2.34. The molecular weight excluding hydrogens is 346 g/mol. The summed E-state index contributed by atoms with van der Waals surface area (Å²) < 4.78 is 0.836. The number of allylic oxidation sites excluding steroid dienone is 2. The number of carbonyl (C=O) groups excluding carboxylic acids is 1. The Labute approximate surface area is 139 Å². The Morgan fingerprint density at radius 3 is 2.41 bits per heavy atom. The first-order valence-electron chi connectivity index (χ1n) is 6.97. The highest BCUT2D eigenvalue weighted by molar-refractivity contribution is 9.10. The minimum atomic E-state index is -0.964. The van der Waals surface area contributed by atoms with Crippen molar-refractivity contribution in [1.82, 2.24) is 5.32 Å². The summed E-state index contributed by atoms with van der Waals surface area (Å²) in [5.74, 6) is -1.43. The van der Waals surface area contributed by atoms with Crippen LogP contribution in [0.3, 0.4) is 0 Å². The lowest BCUT2D eigenvalue weighted by atomic mass is 9.98. The number of hydrogen-bond donors (Lipinski definition) is 2. The van der Waals surface area contributed by atoms with E-state index in [1.807, 2.05) is 18.2 Å². The fourth-order valence-corrected chi connectivity index (χ4v) is 2.57. The van der Waals surface area contributed by atoms with E-state index in [4.69, 9.17) is 5.11 Å². The van der Waals surface area contributed by atoms with Crippen LogP contribution in [-0.4, -0.2) is 17.0 Å². The average Bonchev–Trinajstić information content (AvgIpc) is 2.45. The summed E-state index contributed by atoms with van der Waals surface area (Å²) in [6.45, 7) is 7.30. The third-order valence-electron chi connectivity index (χ3n) is 3.22. The zero-order valence-corrected chi connectivity index (χ0v) is 13.9. The first-order chi connectivity index (χ1) is 10.5. The van der Waals surface area contributed by atoms with Gasteiger partial charge in [0, 0.05) is 10.4 Å². The normalized spacial score (nSPS) is 11.7. The molecule has 1 unspecified atom stereocenters. The number of rotatable bonds is 9. The number of carboxylic acid groups (broad SMARTS) is 1. The van der Waals surface area contributed by atoms with Gasteiger partial charge in [-0.15, -0.1) is 13.2 Å². The number of carbonyl (C=O) groups is 2. The predicted octanol–water partition coefficient (Wildman–Crippen LogP) is 3.85. The lowest BCUT2D eigenvalue weighted by molar-refractivity contribution is -0.138. The van der Waals surface area contributed by atoms with Crippen LogP contribution in [0.5, 0.6) is 0 Å². The van der Waals surface area contributed by atoms with Gasteiger partial charge in [-0.1, -0.05) is 40.2 Å². The van der Waals surface area contributed by atoms with Crippen molar-refractivity contribution in [2.24, 2.45) is 5.92 Å². The zero-order chi connectivity index (χ0) is 16.5. The molecule has 1 atom stereocenters. The summed E-state index contributed by atoms with van der Waals surface area (Å²) >= 11 is 3.35. The molecule has 0 fully saturated rings. The molecule has 118 valence electrons. The molecule has 4 nitrogen and oxygen atoms in total. The quantitative estimate of drug-likeness (QED) is 0.653. The minimum absolute atomic E-state index is 0.170. The van der Waals surface area contributed by atoms with Gasteiger partial charge in [-0.05, 0) is 30.5 Å². The van der Waals surface area contributed by atoms with Crippen LogP contribution in [0.4, 0.5) is 0 Å². The molecule has 5 heteroatoms. The van der Waals surface area contributed by atoms with Crippen LogP contribution >= 0.6 is 15.9 Å². The van der Waals surface area contributed by atoms with Crippen LogP contribution in [0.2, 0.25) is 0 Å². The molecule has 0 aromatic heterocycles. The number of aliphatic carboxylic acids is 1. The SMILES string of the molecule is C=CCC(CC=C)C(=O)NC(CC(=O)O)c1cccc(Br)c1. The third kappa shape index (κ3) is 5.85. The summed E-state index contributed by atoms with van der Waals surface area (Å²) in [5.41, 5.74) is 0.751. The molecule has 0 bridgehead atoms. The van der Waals surface area contributed by atoms with Gasteiger partial charge in [-0.25, -0.2) is 0 Å². The molecule has 22 heavy (non-hydrogen) atoms. The van der Waals surface area contributed by atoms with E-state index < -0.39 is 12.0 Å². The Kier molecular flexibility index (Phi) is 7.60. The van der Waals surface area contributed by atoms with Gasteiger partial charge in [0.15, 0.2) is 0 Å². The fraction of sp³-hybridized carbons (Fsp3) is 0.294. The second-order valence-electron chi connectivity index (χ2n) is 4.96. The molecule has 2 N–H and O–H groups in total. The smallest absolute Gasteiger partial charge is 0.305 e. The summed E-state index contributed by atoms with van der Waals surface area (Å²) in [6, 6.07) is 6.70. The van der Waals surface area contributed by atoms with Crippen molar-refractivity contribution in [2.45, 2.75) is 25.3 Å². The number of hydrogen-bond acceptors (Lipinski definition) is 2. The summed E-state index contributed by atoms with van der Waals surface area (Å²) in [4.78, 5) is 23.4. The van der Waals surface area contributed by atoms with Crippen molar-refractivity contribution in [3.05, 3.63) is 59.6 Å². The molecule has 0 radical (unpaired) electrons. The van der Waals surface area contributed by atoms with E-state index in [-0.39, 0.29) is 18.2 Å². The Morgan fingerprint density at radius 2 is 1.91 bits per heavy atom. The number of benzene rings is 1. The average molecular weight is 366 g/mol. The third-order valence-corrected chi connectivity index (χ3v) is 3.71. The topological polar surface area (TPSA) is 66.4 Å². The maximum Gasteiger partial charge on any atom is 0.305 e. The predicted molar refractivity (Wildman–Crippen MR) is 90.4 cm³/mol. The van der Waals surface area contributed by atoms with Crippen molar-refractivity contribution in [3.8, 4) is 0 Å². The Balaban J connectivity index is 2.92. The maximum atomic E-state index is 12.4. The first-order valence-corrected chi connectivity index (χ1v) is 7.76.